The Kier molecular flexibility index (Phi) is 3.75. The van der Waals surface area contributed by atoms with Crippen LogP contribution >= 0.6 is 0 Å². The number of amides is 1. The molecule has 0 aliphatic rings. The van der Waals surface area contributed by atoms with Crippen LogP contribution in [0.4, 0.5) is 5.69 Å². The number of carboxylic acid groups (broad SMARTS) is 1. The predicted molar refractivity (Wildman–Crippen MR) is 72.0 cm³/mol. The summed E-state index contributed by atoms with van der Waals surface area (Å²) >= 11 is 0. The minimum atomic E-state index is -0.931. The van der Waals surface area contributed by atoms with Crippen LogP contribution < -0.4 is 4.90 Å². The van der Waals surface area contributed by atoms with Gasteiger partial charge in [-0.25, -0.2) is 0 Å². The Labute approximate surface area is 110 Å². The monoisotopic (exact) mass is 258 g/mol. The summed E-state index contributed by atoms with van der Waals surface area (Å²) in [5.74, 6) is -1.13. The third kappa shape index (κ3) is 2.88. The summed E-state index contributed by atoms with van der Waals surface area (Å²) in [5.41, 5.74) is 1.34. The highest BCUT2D eigenvalue weighted by molar-refractivity contribution is 6.01. The van der Waals surface area contributed by atoms with Crippen molar-refractivity contribution in [1.29, 1.82) is 0 Å². The van der Waals surface area contributed by atoms with Gasteiger partial charge < -0.3 is 10.0 Å². The molecule has 0 bridgehead atoms. The predicted octanol–water partition coefficient (Wildman–Crippen LogP) is 2.06. The molecule has 5 nitrogen and oxygen atoms in total. The lowest BCUT2D eigenvalue weighted by Crippen LogP contribution is -2.31. The number of carbonyl (C=O) groups excluding carboxylic acids is 1. The van der Waals surface area contributed by atoms with Crippen molar-refractivity contribution < 1.29 is 14.7 Å². The van der Waals surface area contributed by atoms with Crippen molar-refractivity contribution in [1.82, 2.24) is 4.98 Å². The van der Waals surface area contributed by atoms with E-state index in [1.165, 1.54) is 11.8 Å². The van der Waals surface area contributed by atoms with Gasteiger partial charge in [0.15, 0.2) is 0 Å². The van der Waals surface area contributed by atoms with Gasteiger partial charge in [-0.2, -0.15) is 0 Å². The van der Waals surface area contributed by atoms with E-state index in [-0.39, 0.29) is 18.9 Å². The van der Waals surface area contributed by atoms with Gasteiger partial charge in [0.05, 0.1) is 17.6 Å². The fraction of sp³-hybridized carbons (Fsp3) is 0.214. The molecule has 1 heterocycles. The second kappa shape index (κ2) is 5.48. The smallest absolute Gasteiger partial charge is 0.305 e. The summed E-state index contributed by atoms with van der Waals surface area (Å²) in [6.07, 6.45) is 1.56. The van der Waals surface area contributed by atoms with Gasteiger partial charge in [-0.3, -0.25) is 14.6 Å². The molecule has 0 unspecified atom stereocenters. The molecule has 1 amide bonds. The highest BCUT2D eigenvalue weighted by atomic mass is 16.4. The molecule has 0 atom stereocenters. The van der Waals surface area contributed by atoms with Gasteiger partial charge in [-0.15, -0.1) is 0 Å². The zero-order valence-electron chi connectivity index (χ0n) is 10.5. The summed E-state index contributed by atoms with van der Waals surface area (Å²) in [4.78, 5) is 28.1. The number of aromatic nitrogens is 1. The van der Waals surface area contributed by atoms with Gasteiger partial charge in [-0.1, -0.05) is 18.2 Å². The van der Waals surface area contributed by atoms with Crippen molar-refractivity contribution >= 4 is 28.5 Å². The number of carbonyl (C=O) groups is 2. The fourth-order valence-electron chi connectivity index (χ4n) is 1.96. The second-order valence-corrected chi connectivity index (χ2v) is 4.17. The van der Waals surface area contributed by atoms with Crippen LogP contribution in [0.15, 0.2) is 36.5 Å². The molecule has 2 rings (SSSR count). The first-order valence-electron chi connectivity index (χ1n) is 5.93. The average molecular weight is 258 g/mol. The molecule has 0 spiro atoms. The van der Waals surface area contributed by atoms with E-state index in [4.69, 9.17) is 5.11 Å². The maximum Gasteiger partial charge on any atom is 0.305 e. The number of pyridine rings is 1. The average Bonchev–Trinajstić information content (AvgIpc) is 2.38. The van der Waals surface area contributed by atoms with Crippen molar-refractivity contribution in [3.63, 3.8) is 0 Å². The maximum absolute atomic E-state index is 11.7. The highest BCUT2D eigenvalue weighted by Gasteiger charge is 2.15. The largest absolute Gasteiger partial charge is 0.481 e. The number of carboxylic acids is 1. The number of para-hydroxylation sites is 1. The summed E-state index contributed by atoms with van der Waals surface area (Å²) in [6.45, 7) is 1.56. The molecule has 1 N–H and O–H groups in total. The van der Waals surface area contributed by atoms with E-state index in [2.05, 4.69) is 4.98 Å². The van der Waals surface area contributed by atoms with Crippen LogP contribution in [0, 0.1) is 0 Å². The van der Waals surface area contributed by atoms with Crippen LogP contribution in [-0.2, 0) is 9.59 Å². The van der Waals surface area contributed by atoms with E-state index >= 15 is 0 Å². The van der Waals surface area contributed by atoms with E-state index in [0.29, 0.717) is 11.2 Å². The van der Waals surface area contributed by atoms with Gasteiger partial charge >= 0.3 is 5.97 Å². The maximum atomic E-state index is 11.7. The molecule has 0 fully saturated rings. The number of benzene rings is 1. The Morgan fingerprint density at radius 2 is 2.00 bits per heavy atom. The first kappa shape index (κ1) is 13.0. The molecular formula is C14H14N2O3. The standard InChI is InChI=1S/C14H14N2O3/c1-10(17)16(9-7-13(18)19)12-6-2-4-11-5-3-8-15-14(11)12/h2-6,8H,7,9H2,1H3,(H,18,19). The minimum absolute atomic E-state index is 0.0944. The summed E-state index contributed by atoms with van der Waals surface area (Å²) in [7, 11) is 0. The lowest BCUT2D eigenvalue weighted by molar-refractivity contribution is -0.136. The Morgan fingerprint density at radius 1 is 1.26 bits per heavy atom. The number of nitrogens with zero attached hydrogens (tertiary/aromatic N) is 2. The van der Waals surface area contributed by atoms with Crippen LogP contribution in [-0.4, -0.2) is 28.5 Å². The van der Waals surface area contributed by atoms with E-state index in [0.717, 1.165) is 5.39 Å². The molecule has 1 aromatic carbocycles. The molecule has 2 aromatic rings. The topological polar surface area (TPSA) is 70.5 Å². The van der Waals surface area contributed by atoms with Crippen LogP contribution in [0.5, 0.6) is 0 Å². The first-order valence-corrected chi connectivity index (χ1v) is 5.93. The first-order chi connectivity index (χ1) is 9.09. The number of aliphatic carboxylic acids is 1. The molecule has 0 radical (unpaired) electrons. The van der Waals surface area contributed by atoms with Crippen LogP contribution in [0.25, 0.3) is 10.9 Å². The van der Waals surface area contributed by atoms with Crippen LogP contribution in [0.2, 0.25) is 0 Å². The lowest BCUT2D eigenvalue weighted by atomic mass is 10.1. The third-order valence-corrected chi connectivity index (χ3v) is 2.83. The van der Waals surface area contributed by atoms with Gasteiger partial charge in [0, 0.05) is 25.1 Å². The summed E-state index contributed by atoms with van der Waals surface area (Å²) in [5, 5.41) is 9.67. The zero-order valence-corrected chi connectivity index (χ0v) is 10.5. The number of hydrogen-bond donors (Lipinski definition) is 1. The number of anilines is 1. The molecule has 0 aliphatic heterocycles. The van der Waals surface area contributed by atoms with E-state index < -0.39 is 5.97 Å². The second-order valence-electron chi connectivity index (χ2n) is 4.17. The number of hydrogen-bond acceptors (Lipinski definition) is 3. The Hall–Kier alpha value is -2.43. The molecule has 98 valence electrons. The third-order valence-electron chi connectivity index (χ3n) is 2.83. The Bertz CT molecular complexity index is 620. The van der Waals surface area contributed by atoms with Gasteiger partial charge in [-0.05, 0) is 12.1 Å². The summed E-state index contributed by atoms with van der Waals surface area (Å²) in [6, 6.07) is 9.23. The van der Waals surface area contributed by atoms with Gasteiger partial charge in [0.2, 0.25) is 5.91 Å². The van der Waals surface area contributed by atoms with Crippen molar-refractivity contribution in [2.75, 3.05) is 11.4 Å². The molecule has 5 heteroatoms. The van der Waals surface area contributed by atoms with Crippen molar-refractivity contribution in [2.45, 2.75) is 13.3 Å². The number of rotatable bonds is 4. The van der Waals surface area contributed by atoms with E-state index in [9.17, 15) is 9.59 Å². The minimum Gasteiger partial charge on any atom is -0.481 e. The van der Waals surface area contributed by atoms with Crippen molar-refractivity contribution in [2.24, 2.45) is 0 Å². The van der Waals surface area contributed by atoms with Crippen molar-refractivity contribution in [3.8, 4) is 0 Å². The quantitative estimate of drug-likeness (QED) is 0.911. The highest BCUT2D eigenvalue weighted by Crippen LogP contribution is 2.25. The Morgan fingerprint density at radius 3 is 2.68 bits per heavy atom. The van der Waals surface area contributed by atoms with Crippen LogP contribution in [0.3, 0.4) is 0 Å². The lowest BCUT2D eigenvalue weighted by Gasteiger charge is -2.21. The molecular weight excluding hydrogens is 244 g/mol. The van der Waals surface area contributed by atoms with E-state index in [1.54, 1.807) is 12.3 Å². The normalized spacial score (nSPS) is 10.4. The Balaban J connectivity index is 2.44. The molecule has 0 aliphatic carbocycles. The van der Waals surface area contributed by atoms with Gasteiger partial charge in [0.25, 0.3) is 0 Å². The van der Waals surface area contributed by atoms with E-state index in [1.807, 2.05) is 24.3 Å². The number of fused-ring (bicyclic) bond motifs is 1. The molecule has 0 saturated carbocycles. The summed E-state index contributed by atoms with van der Waals surface area (Å²) < 4.78 is 0. The van der Waals surface area contributed by atoms with Gasteiger partial charge in [0.1, 0.15) is 0 Å². The SMILES string of the molecule is CC(=O)N(CCC(=O)O)c1cccc2cccnc12. The fourth-order valence-corrected chi connectivity index (χ4v) is 1.96. The van der Waals surface area contributed by atoms with Crippen molar-refractivity contribution in [3.05, 3.63) is 36.5 Å². The van der Waals surface area contributed by atoms with Crippen LogP contribution in [0.1, 0.15) is 13.3 Å². The molecule has 0 saturated heterocycles. The molecule has 1 aromatic heterocycles. The zero-order chi connectivity index (χ0) is 13.8. The molecule has 19 heavy (non-hydrogen) atoms.